The summed E-state index contributed by atoms with van der Waals surface area (Å²) >= 11 is 0. The van der Waals surface area contributed by atoms with Gasteiger partial charge in [0.1, 0.15) is 0 Å². The molecule has 1 saturated heterocycles. The van der Waals surface area contributed by atoms with Crippen LogP contribution in [-0.2, 0) is 16.0 Å². The first-order valence-electron chi connectivity index (χ1n) is 8.80. The maximum atomic E-state index is 12.2. The molecule has 1 aliphatic heterocycles. The summed E-state index contributed by atoms with van der Waals surface area (Å²) in [6.45, 7) is 2.60. The van der Waals surface area contributed by atoms with Crippen LogP contribution < -0.4 is 5.32 Å². The number of carbonyl (C=O) groups is 2. The summed E-state index contributed by atoms with van der Waals surface area (Å²) in [6, 6.07) is 8.17. The molecule has 134 valence electrons. The van der Waals surface area contributed by atoms with Crippen LogP contribution in [0.4, 0.5) is 0 Å². The van der Waals surface area contributed by atoms with E-state index in [9.17, 15) is 9.59 Å². The van der Waals surface area contributed by atoms with Crippen LogP contribution in [0.5, 0.6) is 0 Å². The highest BCUT2D eigenvalue weighted by atomic mass is 16.2. The van der Waals surface area contributed by atoms with E-state index in [0.717, 1.165) is 18.5 Å². The Morgan fingerprint density at radius 2 is 2.16 bits per heavy atom. The first-order chi connectivity index (χ1) is 12.0. The van der Waals surface area contributed by atoms with E-state index in [1.54, 1.807) is 0 Å². The molecule has 0 radical (unpaired) electrons. The van der Waals surface area contributed by atoms with Crippen LogP contribution in [0.15, 0.2) is 30.5 Å². The number of nitrogens with zero attached hydrogens (tertiary/aromatic N) is 2. The minimum atomic E-state index is -0.224. The Morgan fingerprint density at radius 3 is 2.96 bits per heavy atom. The molecule has 1 fully saturated rings. The van der Waals surface area contributed by atoms with E-state index in [-0.39, 0.29) is 17.7 Å². The minimum Gasteiger partial charge on any atom is -0.361 e. The van der Waals surface area contributed by atoms with Gasteiger partial charge in [-0.3, -0.25) is 9.59 Å². The summed E-state index contributed by atoms with van der Waals surface area (Å²) < 4.78 is 0. The number of aromatic amines is 1. The second-order valence-corrected chi connectivity index (χ2v) is 6.94. The van der Waals surface area contributed by atoms with Crippen molar-refractivity contribution in [1.29, 1.82) is 0 Å². The van der Waals surface area contributed by atoms with Crippen molar-refractivity contribution in [2.24, 2.45) is 5.92 Å². The van der Waals surface area contributed by atoms with Gasteiger partial charge in [0.15, 0.2) is 0 Å². The number of rotatable bonds is 7. The highest BCUT2D eigenvalue weighted by Crippen LogP contribution is 2.21. The van der Waals surface area contributed by atoms with E-state index in [4.69, 9.17) is 0 Å². The van der Waals surface area contributed by atoms with E-state index in [0.29, 0.717) is 26.1 Å². The fourth-order valence-corrected chi connectivity index (χ4v) is 3.30. The second kappa shape index (κ2) is 7.70. The fourth-order valence-electron chi connectivity index (χ4n) is 3.30. The van der Waals surface area contributed by atoms with E-state index in [2.05, 4.69) is 16.4 Å². The van der Waals surface area contributed by atoms with Crippen molar-refractivity contribution in [1.82, 2.24) is 20.1 Å². The third-order valence-electron chi connectivity index (χ3n) is 4.77. The summed E-state index contributed by atoms with van der Waals surface area (Å²) in [5.41, 5.74) is 2.32. The molecule has 1 unspecified atom stereocenters. The quantitative estimate of drug-likeness (QED) is 0.795. The monoisotopic (exact) mass is 342 g/mol. The predicted octanol–water partition coefficient (Wildman–Crippen LogP) is 1.24. The third kappa shape index (κ3) is 4.20. The number of carbonyl (C=O) groups excluding carboxylic acids is 2. The molecule has 0 spiro atoms. The molecule has 1 atom stereocenters. The highest BCUT2D eigenvalue weighted by molar-refractivity contribution is 5.89. The minimum absolute atomic E-state index is 0.00945. The van der Waals surface area contributed by atoms with Crippen molar-refractivity contribution in [3.8, 4) is 0 Å². The first-order valence-corrected chi connectivity index (χ1v) is 8.80. The number of hydrogen-bond acceptors (Lipinski definition) is 3. The Bertz CT molecular complexity index is 753. The van der Waals surface area contributed by atoms with E-state index in [1.807, 2.05) is 48.3 Å². The lowest BCUT2D eigenvalue weighted by atomic mass is 10.1. The number of aromatic nitrogens is 1. The number of nitrogens with one attached hydrogen (secondary N) is 2. The Balaban J connectivity index is 1.52. The van der Waals surface area contributed by atoms with Crippen molar-refractivity contribution in [3.63, 3.8) is 0 Å². The molecule has 25 heavy (non-hydrogen) atoms. The average Bonchev–Trinajstić information content (AvgIpc) is 3.16. The summed E-state index contributed by atoms with van der Waals surface area (Å²) in [4.78, 5) is 31.5. The molecule has 2 N–H and O–H groups in total. The van der Waals surface area contributed by atoms with E-state index >= 15 is 0 Å². The summed E-state index contributed by atoms with van der Waals surface area (Å²) in [6.07, 6.45) is 3.13. The Hall–Kier alpha value is -2.34. The van der Waals surface area contributed by atoms with Crippen molar-refractivity contribution in [2.45, 2.75) is 12.8 Å². The van der Waals surface area contributed by atoms with Gasteiger partial charge in [0.25, 0.3) is 0 Å². The summed E-state index contributed by atoms with van der Waals surface area (Å²) in [7, 11) is 3.94. The molecular formula is C19H26N4O2. The molecule has 3 rings (SSSR count). The molecule has 6 heteroatoms. The maximum absolute atomic E-state index is 12.2. The van der Waals surface area contributed by atoms with Gasteiger partial charge in [-0.15, -0.1) is 0 Å². The zero-order chi connectivity index (χ0) is 17.8. The lowest BCUT2D eigenvalue weighted by Crippen LogP contribution is -2.37. The molecule has 2 amide bonds. The molecule has 0 bridgehead atoms. The van der Waals surface area contributed by atoms with Crippen LogP contribution in [0.2, 0.25) is 0 Å². The maximum Gasteiger partial charge on any atom is 0.225 e. The third-order valence-corrected chi connectivity index (χ3v) is 4.77. The van der Waals surface area contributed by atoms with Crippen molar-refractivity contribution in [2.75, 3.05) is 40.3 Å². The van der Waals surface area contributed by atoms with E-state index in [1.165, 1.54) is 10.9 Å². The number of amides is 2. The van der Waals surface area contributed by atoms with Crippen molar-refractivity contribution < 1.29 is 9.59 Å². The van der Waals surface area contributed by atoms with Gasteiger partial charge in [-0.05, 0) is 32.1 Å². The number of para-hydroxylation sites is 1. The number of hydrogen-bond donors (Lipinski definition) is 2. The van der Waals surface area contributed by atoms with Crippen LogP contribution >= 0.6 is 0 Å². The lowest BCUT2D eigenvalue weighted by molar-refractivity contribution is -0.129. The van der Waals surface area contributed by atoms with Gasteiger partial charge in [-0.25, -0.2) is 0 Å². The molecule has 1 aromatic heterocycles. The number of fused-ring (bicyclic) bond motifs is 1. The van der Waals surface area contributed by atoms with Gasteiger partial charge in [0.2, 0.25) is 11.8 Å². The predicted molar refractivity (Wildman–Crippen MR) is 98.3 cm³/mol. The summed E-state index contributed by atoms with van der Waals surface area (Å²) in [5.74, 6) is -0.157. The normalized spacial score (nSPS) is 17.6. The molecule has 0 saturated carbocycles. The van der Waals surface area contributed by atoms with Crippen LogP contribution in [0.25, 0.3) is 10.9 Å². The average molecular weight is 342 g/mol. The van der Waals surface area contributed by atoms with E-state index < -0.39 is 0 Å². The molecule has 1 aromatic carbocycles. The van der Waals surface area contributed by atoms with Gasteiger partial charge in [0.05, 0.1) is 5.92 Å². The van der Waals surface area contributed by atoms with Crippen molar-refractivity contribution >= 4 is 22.7 Å². The molecular weight excluding hydrogens is 316 g/mol. The number of benzene rings is 1. The van der Waals surface area contributed by atoms with Crippen LogP contribution in [0, 0.1) is 5.92 Å². The Kier molecular flexibility index (Phi) is 5.38. The number of likely N-dealkylation sites (N-methyl/N-ethyl adjacent to an activating group) is 1. The molecule has 0 aliphatic carbocycles. The van der Waals surface area contributed by atoms with Crippen LogP contribution in [0.1, 0.15) is 12.0 Å². The smallest absolute Gasteiger partial charge is 0.225 e. The molecule has 2 heterocycles. The standard InChI is InChI=1S/C19H26N4O2/c1-22(2)10-8-20-19(25)15-11-18(24)23(13-15)9-7-14-12-21-17-6-4-3-5-16(14)17/h3-6,12,15,21H,7-11,13H2,1-2H3,(H,20,25). The number of likely N-dealkylation sites (tertiary alicyclic amines) is 1. The van der Waals surface area contributed by atoms with Gasteiger partial charge in [-0.1, -0.05) is 18.2 Å². The Labute approximate surface area is 148 Å². The zero-order valence-corrected chi connectivity index (χ0v) is 14.9. The van der Waals surface area contributed by atoms with Gasteiger partial charge < -0.3 is 20.1 Å². The highest BCUT2D eigenvalue weighted by Gasteiger charge is 2.33. The first kappa shape index (κ1) is 17.5. The van der Waals surface area contributed by atoms with Crippen molar-refractivity contribution in [3.05, 3.63) is 36.0 Å². The topological polar surface area (TPSA) is 68.4 Å². The van der Waals surface area contributed by atoms with Crippen LogP contribution in [0.3, 0.4) is 0 Å². The summed E-state index contributed by atoms with van der Waals surface area (Å²) in [5, 5.41) is 4.13. The molecule has 2 aromatic rings. The molecule has 1 aliphatic rings. The fraction of sp³-hybridized carbons (Fsp3) is 0.474. The van der Waals surface area contributed by atoms with Crippen LogP contribution in [-0.4, -0.2) is 66.9 Å². The zero-order valence-electron chi connectivity index (χ0n) is 14.9. The number of H-pyrrole nitrogens is 1. The lowest BCUT2D eigenvalue weighted by Gasteiger charge is -2.17. The SMILES string of the molecule is CN(C)CCNC(=O)C1CC(=O)N(CCc2c[nH]c3ccccc23)C1. The van der Waals surface area contributed by atoms with Gasteiger partial charge in [0, 0.05) is 49.7 Å². The largest absolute Gasteiger partial charge is 0.361 e. The Morgan fingerprint density at radius 1 is 1.36 bits per heavy atom. The molecule has 6 nitrogen and oxygen atoms in total. The van der Waals surface area contributed by atoms with Gasteiger partial charge >= 0.3 is 0 Å². The van der Waals surface area contributed by atoms with Gasteiger partial charge in [-0.2, -0.15) is 0 Å². The second-order valence-electron chi connectivity index (χ2n) is 6.94.